The SMILES string of the molecule is CC12CCC(=O)C=C1CCC1[C@@H]2[C@@H](O)C[C@]2(C=O)C(C(=O)CO)CC[C@@H]12. The monoisotopic (exact) mass is 360 g/mol. The van der Waals surface area contributed by atoms with E-state index >= 15 is 0 Å². The van der Waals surface area contributed by atoms with Crippen molar-refractivity contribution in [1.82, 2.24) is 0 Å². The summed E-state index contributed by atoms with van der Waals surface area (Å²) in [5.41, 5.74) is 0.140. The number of aldehydes is 1. The van der Waals surface area contributed by atoms with E-state index in [1.165, 1.54) is 0 Å². The first kappa shape index (κ1) is 18.1. The predicted molar refractivity (Wildman–Crippen MR) is 94.1 cm³/mol. The largest absolute Gasteiger partial charge is 0.393 e. The van der Waals surface area contributed by atoms with Crippen molar-refractivity contribution in [3.8, 4) is 0 Å². The molecule has 2 N–H and O–H groups in total. The molecule has 0 aromatic heterocycles. The molecule has 0 saturated heterocycles. The first-order valence-electron chi connectivity index (χ1n) is 9.89. The molecular weight excluding hydrogens is 332 g/mol. The Morgan fingerprint density at radius 3 is 2.77 bits per heavy atom. The second kappa shape index (κ2) is 6.10. The number of carbonyl (C=O) groups excluding carboxylic acids is 3. The summed E-state index contributed by atoms with van der Waals surface area (Å²) in [6, 6.07) is 0. The van der Waals surface area contributed by atoms with Crippen LogP contribution in [0.1, 0.15) is 51.9 Å². The Labute approximate surface area is 153 Å². The third-order valence-corrected chi connectivity index (χ3v) is 8.27. The van der Waals surface area contributed by atoms with E-state index in [-0.39, 0.29) is 34.7 Å². The summed E-state index contributed by atoms with van der Waals surface area (Å²) in [7, 11) is 0. The van der Waals surface area contributed by atoms with Crippen LogP contribution in [0.4, 0.5) is 0 Å². The van der Waals surface area contributed by atoms with Crippen LogP contribution in [-0.4, -0.2) is 40.8 Å². The first-order valence-corrected chi connectivity index (χ1v) is 9.89. The molecule has 0 radical (unpaired) electrons. The molecule has 5 heteroatoms. The molecule has 3 unspecified atom stereocenters. The molecule has 142 valence electrons. The maximum absolute atomic E-state index is 12.3. The van der Waals surface area contributed by atoms with Crippen molar-refractivity contribution >= 4 is 17.9 Å². The van der Waals surface area contributed by atoms with Crippen molar-refractivity contribution in [3.63, 3.8) is 0 Å². The number of hydrogen-bond acceptors (Lipinski definition) is 5. The molecule has 0 heterocycles. The second-order valence-electron chi connectivity index (χ2n) is 9.14. The fraction of sp³-hybridized carbons (Fsp3) is 0.762. The molecule has 0 aliphatic heterocycles. The highest BCUT2D eigenvalue weighted by atomic mass is 16.3. The van der Waals surface area contributed by atoms with Crippen LogP contribution < -0.4 is 0 Å². The van der Waals surface area contributed by atoms with Gasteiger partial charge < -0.3 is 15.0 Å². The molecule has 3 saturated carbocycles. The van der Waals surface area contributed by atoms with E-state index < -0.39 is 24.0 Å². The van der Waals surface area contributed by atoms with Gasteiger partial charge >= 0.3 is 0 Å². The van der Waals surface area contributed by atoms with Gasteiger partial charge in [-0.2, -0.15) is 0 Å². The maximum atomic E-state index is 12.3. The summed E-state index contributed by atoms with van der Waals surface area (Å²) in [5.74, 6) is -0.241. The van der Waals surface area contributed by atoms with Gasteiger partial charge in [0.25, 0.3) is 0 Å². The standard InChI is InChI=1S/C21H28O5/c1-20-7-6-13(24)8-12(20)2-3-14-15-4-5-16(18(26)10-22)21(15,11-23)9-17(25)19(14)20/h8,11,14-17,19,22,25H,2-7,9-10H2,1H3/t14?,15-,16?,17-,19+,20?,21+/m0/s1. The lowest BCUT2D eigenvalue weighted by Gasteiger charge is -2.59. The Hall–Kier alpha value is -1.33. The van der Waals surface area contributed by atoms with Crippen LogP contribution in [0.3, 0.4) is 0 Å². The predicted octanol–water partition coefficient (Wildman–Crippen LogP) is 1.85. The Morgan fingerprint density at radius 2 is 2.08 bits per heavy atom. The van der Waals surface area contributed by atoms with Crippen molar-refractivity contribution in [3.05, 3.63) is 11.6 Å². The average Bonchev–Trinajstić information content (AvgIpc) is 3.00. The van der Waals surface area contributed by atoms with Gasteiger partial charge in [-0.15, -0.1) is 0 Å². The van der Waals surface area contributed by atoms with E-state index in [1.807, 2.05) is 0 Å². The Morgan fingerprint density at radius 1 is 1.31 bits per heavy atom. The molecule has 4 aliphatic rings. The van der Waals surface area contributed by atoms with Crippen LogP contribution in [0, 0.1) is 34.5 Å². The lowest BCUT2D eigenvalue weighted by atomic mass is 9.45. The van der Waals surface area contributed by atoms with Crippen molar-refractivity contribution < 1.29 is 24.6 Å². The molecule has 3 fully saturated rings. The van der Waals surface area contributed by atoms with Crippen molar-refractivity contribution in [2.45, 2.75) is 58.0 Å². The van der Waals surface area contributed by atoms with Crippen molar-refractivity contribution in [2.24, 2.45) is 34.5 Å². The molecule has 4 rings (SSSR count). The molecule has 0 aromatic rings. The molecule has 0 bridgehead atoms. The number of hydrogen-bond donors (Lipinski definition) is 2. The number of aliphatic hydroxyl groups excluding tert-OH is 2. The zero-order valence-electron chi connectivity index (χ0n) is 15.3. The van der Waals surface area contributed by atoms with E-state index in [1.54, 1.807) is 6.08 Å². The highest BCUT2D eigenvalue weighted by molar-refractivity contribution is 5.91. The number of aliphatic hydroxyl groups is 2. The van der Waals surface area contributed by atoms with Gasteiger partial charge in [-0.25, -0.2) is 0 Å². The van der Waals surface area contributed by atoms with Gasteiger partial charge in [-0.1, -0.05) is 12.5 Å². The highest BCUT2D eigenvalue weighted by Crippen LogP contribution is 2.66. The smallest absolute Gasteiger partial charge is 0.162 e. The number of fused-ring (bicyclic) bond motifs is 5. The van der Waals surface area contributed by atoms with Crippen LogP contribution in [-0.2, 0) is 14.4 Å². The van der Waals surface area contributed by atoms with Crippen LogP contribution in [0.2, 0.25) is 0 Å². The molecule has 0 spiro atoms. The number of allylic oxidation sites excluding steroid dienone is 1. The third-order valence-electron chi connectivity index (χ3n) is 8.27. The Kier molecular flexibility index (Phi) is 4.23. The van der Waals surface area contributed by atoms with E-state index in [0.717, 1.165) is 37.5 Å². The number of Topliss-reactive ketones (excluding diaryl/α,β-unsaturated/α-hetero) is 1. The normalized spacial score (nSPS) is 47.4. The van der Waals surface area contributed by atoms with E-state index in [9.17, 15) is 24.6 Å². The molecule has 7 atom stereocenters. The zero-order valence-corrected chi connectivity index (χ0v) is 15.3. The highest BCUT2D eigenvalue weighted by Gasteiger charge is 2.64. The summed E-state index contributed by atoms with van der Waals surface area (Å²) in [6.07, 6.45) is 6.75. The van der Waals surface area contributed by atoms with Gasteiger partial charge in [0, 0.05) is 17.8 Å². The maximum Gasteiger partial charge on any atom is 0.162 e. The average molecular weight is 360 g/mol. The van der Waals surface area contributed by atoms with Gasteiger partial charge in [0.2, 0.25) is 0 Å². The van der Waals surface area contributed by atoms with Crippen molar-refractivity contribution in [2.75, 3.05) is 6.61 Å². The second-order valence-corrected chi connectivity index (χ2v) is 9.14. The fourth-order valence-electron chi connectivity index (χ4n) is 7.18. The molecule has 0 amide bonds. The molecular formula is C21H28O5. The van der Waals surface area contributed by atoms with E-state index in [2.05, 4.69) is 6.92 Å². The number of carbonyl (C=O) groups is 3. The molecule has 26 heavy (non-hydrogen) atoms. The first-order chi connectivity index (χ1) is 12.4. The minimum Gasteiger partial charge on any atom is -0.393 e. The summed E-state index contributed by atoms with van der Waals surface area (Å²) in [4.78, 5) is 36.4. The molecule has 4 aliphatic carbocycles. The fourth-order valence-corrected chi connectivity index (χ4v) is 7.18. The third kappa shape index (κ3) is 2.26. The lowest BCUT2D eigenvalue weighted by molar-refractivity contribution is -0.157. The topological polar surface area (TPSA) is 91.7 Å². The zero-order chi connectivity index (χ0) is 18.7. The van der Waals surface area contributed by atoms with E-state index in [0.29, 0.717) is 19.3 Å². The lowest BCUT2D eigenvalue weighted by Crippen LogP contribution is -2.58. The van der Waals surface area contributed by atoms with Crippen LogP contribution >= 0.6 is 0 Å². The van der Waals surface area contributed by atoms with Gasteiger partial charge in [0.15, 0.2) is 11.6 Å². The quantitative estimate of drug-likeness (QED) is 0.750. The minimum absolute atomic E-state index is 0.0386. The molecule has 0 aromatic carbocycles. The van der Waals surface area contributed by atoms with Gasteiger partial charge in [0.1, 0.15) is 12.9 Å². The van der Waals surface area contributed by atoms with Crippen LogP contribution in [0.15, 0.2) is 11.6 Å². The van der Waals surface area contributed by atoms with Gasteiger partial charge in [-0.05, 0) is 67.8 Å². The summed E-state index contributed by atoms with van der Waals surface area (Å²) in [5, 5.41) is 20.5. The number of ketones is 2. The van der Waals surface area contributed by atoms with Crippen LogP contribution in [0.25, 0.3) is 0 Å². The molecule has 5 nitrogen and oxygen atoms in total. The number of rotatable bonds is 3. The Bertz CT molecular complexity index is 682. The summed E-state index contributed by atoms with van der Waals surface area (Å²) < 4.78 is 0. The van der Waals surface area contributed by atoms with Gasteiger partial charge in [0.05, 0.1) is 6.10 Å². The Balaban J connectivity index is 1.74. The van der Waals surface area contributed by atoms with Gasteiger partial charge in [-0.3, -0.25) is 9.59 Å². The van der Waals surface area contributed by atoms with E-state index in [4.69, 9.17) is 0 Å². The van der Waals surface area contributed by atoms with Crippen LogP contribution in [0.5, 0.6) is 0 Å². The summed E-state index contributed by atoms with van der Waals surface area (Å²) >= 11 is 0. The minimum atomic E-state index is -0.831. The van der Waals surface area contributed by atoms with Crippen molar-refractivity contribution in [1.29, 1.82) is 0 Å². The summed E-state index contributed by atoms with van der Waals surface area (Å²) in [6.45, 7) is 1.63.